The second-order valence-electron chi connectivity index (χ2n) is 5.00. The van der Waals surface area contributed by atoms with Crippen LogP contribution < -0.4 is 16.0 Å². The van der Waals surface area contributed by atoms with Crippen molar-refractivity contribution in [3.8, 4) is 0 Å². The van der Waals surface area contributed by atoms with Crippen LogP contribution in [0.25, 0.3) is 0 Å². The third-order valence-corrected chi connectivity index (χ3v) is 4.10. The van der Waals surface area contributed by atoms with Gasteiger partial charge in [-0.15, -0.1) is 0 Å². The van der Waals surface area contributed by atoms with Gasteiger partial charge in [-0.2, -0.15) is 0 Å². The van der Waals surface area contributed by atoms with E-state index in [2.05, 4.69) is 16.0 Å². The average Bonchev–Trinajstić information content (AvgIpc) is 2.55. The molecule has 0 saturated carbocycles. The van der Waals surface area contributed by atoms with E-state index in [1.165, 1.54) is 0 Å². The number of carbonyl (C=O) groups is 2. The molecule has 7 heteroatoms. The summed E-state index contributed by atoms with van der Waals surface area (Å²) in [6.07, 6.45) is 1.59. The lowest BCUT2D eigenvalue weighted by atomic mass is 10.2. The van der Waals surface area contributed by atoms with Crippen molar-refractivity contribution in [1.29, 1.82) is 0 Å². The van der Waals surface area contributed by atoms with E-state index in [-0.39, 0.29) is 11.9 Å². The van der Waals surface area contributed by atoms with Gasteiger partial charge in [0.15, 0.2) is 0 Å². The Balaban J connectivity index is 2.06. The van der Waals surface area contributed by atoms with Crippen molar-refractivity contribution >= 4 is 34.1 Å². The van der Waals surface area contributed by atoms with E-state index in [0.717, 1.165) is 0 Å². The number of amides is 3. The molecule has 0 radical (unpaired) electrons. The number of carbonyl (C=O) groups excluding carboxylic acids is 2. The summed E-state index contributed by atoms with van der Waals surface area (Å²) in [4.78, 5) is 24.4. The smallest absolute Gasteiger partial charge is 0.319 e. The van der Waals surface area contributed by atoms with E-state index in [0.29, 0.717) is 28.4 Å². The van der Waals surface area contributed by atoms with Gasteiger partial charge in [0.05, 0.1) is 0 Å². The summed E-state index contributed by atoms with van der Waals surface area (Å²) in [6.45, 7) is 2.36. The van der Waals surface area contributed by atoms with E-state index in [1.54, 1.807) is 54.8 Å². The highest BCUT2D eigenvalue weighted by Crippen LogP contribution is 2.16. The number of hydrogen-bond donors (Lipinski definition) is 3. The molecule has 2 aromatic carbocycles. The minimum absolute atomic E-state index is 0.279. The van der Waals surface area contributed by atoms with Gasteiger partial charge in [-0.3, -0.25) is 9.00 Å². The second-order valence-corrected chi connectivity index (χ2v) is 6.38. The summed E-state index contributed by atoms with van der Waals surface area (Å²) in [7, 11) is -1.08. The molecule has 0 aromatic heterocycles. The first-order valence-corrected chi connectivity index (χ1v) is 8.95. The molecule has 6 nitrogen and oxygen atoms in total. The Kier molecular flexibility index (Phi) is 6.08. The zero-order chi connectivity index (χ0) is 17.5. The third kappa shape index (κ3) is 4.92. The highest BCUT2D eigenvalue weighted by atomic mass is 32.2. The maximum atomic E-state index is 12.2. The van der Waals surface area contributed by atoms with Crippen LogP contribution >= 0.6 is 0 Å². The van der Waals surface area contributed by atoms with Gasteiger partial charge >= 0.3 is 6.03 Å². The Morgan fingerprint density at radius 1 is 1.00 bits per heavy atom. The number of hydrogen-bond acceptors (Lipinski definition) is 3. The molecule has 0 aliphatic rings. The molecule has 0 saturated heterocycles. The van der Waals surface area contributed by atoms with E-state index < -0.39 is 10.8 Å². The molecule has 0 unspecified atom stereocenters. The SMILES string of the molecule is CCNC(=O)Nc1cccc(NC(=O)c2ccc([S@@](C)=O)cc2)c1. The zero-order valence-corrected chi connectivity index (χ0v) is 14.3. The molecule has 0 spiro atoms. The quantitative estimate of drug-likeness (QED) is 0.779. The molecule has 0 heterocycles. The summed E-state index contributed by atoms with van der Waals surface area (Å²) in [5, 5.41) is 8.08. The van der Waals surface area contributed by atoms with Crippen LogP contribution in [0, 0.1) is 0 Å². The highest BCUT2D eigenvalue weighted by molar-refractivity contribution is 7.84. The number of urea groups is 1. The maximum Gasteiger partial charge on any atom is 0.319 e. The second kappa shape index (κ2) is 8.26. The lowest BCUT2D eigenvalue weighted by Gasteiger charge is -2.09. The van der Waals surface area contributed by atoms with Gasteiger partial charge in [0.2, 0.25) is 0 Å². The van der Waals surface area contributed by atoms with Gasteiger partial charge < -0.3 is 16.0 Å². The fourth-order valence-electron chi connectivity index (χ4n) is 2.01. The molecule has 126 valence electrons. The molecule has 1 atom stereocenters. The van der Waals surface area contributed by atoms with Crippen LogP contribution in [-0.4, -0.2) is 28.9 Å². The van der Waals surface area contributed by atoms with Crippen LogP contribution in [0.3, 0.4) is 0 Å². The van der Waals surface area contributed by atoms with Crippen molar-refractivity contribution in [2.75, 3.05) is 23.4 Å². The fraction of sp³-hybridized carbons (Fsp3) is 0.176. The standard InChI is InChI=1S/C17H19N3O3S/c1-3-18-17(22)20-14-6-4-5-13(11-14)19-16(21)12-7-9-15(10-8-12)24(2)23/h4-11H,3H2,1-2H3,(H,19,21)(H2,18,20,22)/t24-/m1/s1. The van der Waals surface area contributed by atoms with Crippen molar-refractivity contribution < 1.29 is 13.8 Å². The normalized spacial score (nSPS) is 11.4. The molecular formula is C17H19N3O3S. The summed E-state index contributed by atoms with van der Waals surface area (Å²) < 4.78 is 11.4. The highest BCUT2D eigenvalue weighted by Gasteiger charge is 2.08. The van der Waals surface area contributed by atoms with Gasteiger partial charge in [-0.25, -0.2) is 4.79 Å². The third-order valence-electron chi connectivity index (χ3n) is 3.16. The lowest BCUT2D eigenvalue weighted by Crippen LogP contribution is -2.28. The first-order valence-electron chi connectivity index (χ1n) is 7.39. The summed E-state index contributed by atoms with van der Waals surface area (Å²) >= 11 is 0. The maximum absolute atomic E-state index is 12.2. The Bertz CT molecular complexity index is 760. The summed E-state index contributed by atoms with van der Waals surface area (Å²) in [6, 6.07) is 13.2. The minimum atomic E-state index is -1.08. The van der Waals surface area contributed by atoms with Crippen molar-refractivity contribution in [1.82, 2.24) is 5.32 Å². The molecule has 0 aliphatic carbocycles. The van der Waals surface area contributed by atoms with E-state index in [1.807, 2.05) is 6.92 Å². The van der Waals surface area contributed by atoms with Gasteiger partial charge in [0, 0.05) is 45.4 Å². The fourth-order valence-corrected chi connectivity index (χ4v) is 2.53. The van der Waals surface area contributed by atoms with Crippen LogP contribution in [-0.2, 0) is 10.8 Å². The Morgan fingerprint density at radius 2 is 1.62 bits per heavy atom. The van der Waals surface area contributed by atoms with Crippen molar-refractivity contribution in [3.63, 3.8) is 0 Å². The minimum Gasteiger partial charge on any atom is -0.338 e. The largest absolute Gasteiger partial charge is 0.338 e. The summed E-state index contributed by atoms with van der Waals surface area (Å²) in [5.41, 5.74) is 1.61. The first kappa shape index (κ1) is 17.7. The zero-order valence-electron chi connectivity index (χ0n) is 13.5. The van der Waals surface area contributed by atoms with E-state index in [4.69, 9.17) is 0 Å². The molecule has 0 bridgehead atoms. The number of rotatable bonds is 5. The van der Waals surface area contributed by atoms with Crippen molar-refractivity contribution in [2.45, 2.75) is 11.8 Å². The number of anilines is 2. The van der Waals surface area contributed by atoms with Gasteiger partial charge in [-0.05, 0) is 49.4 Å². The Labute approximate surface area is 143 Å². The van der Waals surface area contributed by atoms with Crippen LogP contribution in [0.4, 0.5) is 16.2 Å². The monoisotopic (exact) mass is 345 g/mol. The molecular weight excluding hydrogens is 326 g/mol. The van der Waals surface area contributed by atoms with Crippen LogP contribution in [0.15, 0.2) is 53.4 Å². The average molecular weight is 345 g/mol. The summed E-state index contributed by atoms with van der Waals surface area (Å²) in [5.74, 6) is -0.279. The van der Waals surface area contributed by atoms with E-state index in [9.17, 15) is 13.8 Å². The Morgan fingerprint density at radius 3 is 2.21 bits per heavy atom. The topological polar surface area (TPSA) is 87.3 Å². The number of benzene rings is 2. The van der Waals surface area contributed by atoms with Gasteiger partial charge in [0.1, 0.15) is 0 Å². The molecule has 2 rings (SSSR count). The van der Waals surface area contributed by atoms with Gasteiger partial charge in [-0.1, -0.05) is 6.07 Å². The lowest BCUT2D eigenvalue weighted by molar-refractivity contribution is 0.102. The van der Waals surface area contributed by atoms with Crippen LogP contribution in [0.5, 0.6) is 0 Å². The van der Waals surface area contributed by atoms with Crippen LogP contribution in [0.1, 0.15) is 17.3 Å². The first-order chi connectivity index (χ1) is 11.5. The number of nitrogens with one attached hydrogen (secondary N) is 3. The Hall–Kier alpha value is -2.67. The van der Waals surface area contributed by atoms with E-state index >= 15 is 0 Å². The molecule has 24 heavy (non-hydrogen) atoms. The predicted molar refractivity (Wildman–Crippen MR) is 95.9 cm³/mol. The molecule has 3 amide bonds. The molecule has 0 aliphatic heterocycles. The van der Waals surface area contributed by atoms with Gasteiger partial charge in [0.25, 0.3) is 5.91 Å². The molecule has 3 N–H and O–H groups in total. The molecule has 0 fully saturated rings. The predicted octanol–water partition coefficient (Wildman–Crippen LogP) is 2.82. The molecule has 2 aromatic rings. The van der Waals surface area contributed by atoms with Crippen molar-refractivity contribution in [2.24, 2.45) is 0 Å². The van der Waals surface area contributed by atoms with Crippen LogP contribution in [0.2, 0.25) is 0 Å². The van der Waals surface area contributed by atoms with Crippen molar-refractivity contribution in [3.05, 3.63) is 54.1 Å².